The minimum atomic E-state index is 0.236. The average molecular weight is 275 g/mol. The molecule has 0 aliphatic heterocycles. The fourth-order valence-corrected chi connectivity index (χ4v) is 2.85. The van der Waals surface area contributed by atoms with Crippen molar-refractivity contribution in [1.29, 1.82) is 0 Å². The molecule has 2 N–H and O–H groups in total. The molecule has 0 unspecified atom stereocenters. The van der Waals surface area contributed by atoms with Gasteiger partial charge in [0.25, 0.3) is 0 Å². The second-order valence-corrected chi connectivity index (χ2v) is 6.95. The minimum Gasteiger partial charge on any atom is -0.508 e. The van der Waals surface area contributed by atoms with E-state index in [2.05, 4.69) is 38.2 Å². The third-order valence-corrected chi connectivity index (χ3v) is 4.48. The van der Waals surface area contributed by atoms with Crippen LogP contribution in [0.1, 0.15) is 36.1 Å². The van der Waals surface area contributed by atoms with Crippen LogP contribution in [0, 0.1) is 0 Å². The molecule has 102 valence electrons. The lowest BCUT2D eigenvalue weighted by molar-refractivity contribution is 0.475. The normalized spacial score (nSPS) is 11.7. The van der Waals surface area contributed by atoms with E-state index in [-0.39, 0.29) is 5.41 Å². The number of hydrogen-bond acceptors (Lipinski definition) is 3. The molecule has 2 aromatic rings. The first-order valence-corrected chi connectivity index (χ1v) is 7.34. The maximum Gasteiger partial charge on any atom is 0.115 e. The predicted octanol–water partition coefficient (Wildman–Crippen LogP) is 4.04. The molecule has 0 bridgehead atoms. The maximum atomic E-state index is 9.22. The van der Waals surface area contributed by atoms with Crippen LogP contribution in [0.3, 0.4) is 0 Å². The molecule has 0 saturated carbocycles. The maximum absolute atomic E-state index is 9.22. The first-order chi connectivity index (χ1) is 8.95. The molecule has 2 nitrogen and oxygen atoms in total. The third-order valence-electron chi connectivity index (χ3n) is 2.97. The van der Waals surface area contributed by atoms with E-state index in [9.17, 15) is 5.11 Å². The first-order valence-electron chi connectivity index (χ1n) is 6.53. The number of thiophene rings is 1. The standard InChI is InChI=1S/C16H21NOS/c1-16(2,3)15-9-8-14(19-15)11-17-10-12-4-6-13(18)7-5-12/h4-9,17-18H,10-11H2,1-3H3. The Morgan fingerprint density at radius 1 is 1.00 bits per heavy atom. The van der Waals surface area contributed by atoms with Gasteiger partial charge in [0.2, 0.25) is 0 Å². The molecule has 3 heteroatoms. The van der Waals surface area contributed by atoms with Crippen molar-refractivity contribution in [3.05, 3.63) is 51.7 Å². The smallest absolute Gasteiger partial charge is 0.115 e. The topological polar surface area (TPSA) is 32.3 Å². The number of rotatable bonds is 4. The van der Waals surface area contributed by atoms with Crippen LogP contribution in [0.25, 0.3) is 0 Å². The van der Waals surface area contributed by atoms with Gasteiger partial charge >= 0.3 is 0 Å². The highest BCUT2D eigenvalue weighted by Gasteiger charge is 2.15. The van der Waals surface area contributed by atoms with Crippen LogP contribution >= 0.6 is 11.3 Å². The second-order valence-electron chi connectivity index (χ2n) is 5.79. The van der Waals surface area contributed by atoms with Crippen LogP contribution in [0.2, 0.25) is 0 Å². The van der Waals surface area contributed by atoms with Crippen LogP contribution in [-0.4, -0.2) is 5.11 Å². The molecule has 19 heavy (non-hydrogen) atoms. The lowest BCUT2D eigenvalue weighted by Gasteiger charge is -2.15. The summed E-state index contributed by atoms with van der Waals surface area (Å²) in [5.74, 6) is 0.317. The fourth-order valence-electron chi connectivity index (χ4n) is 1.82. The molecule has 1 heterocycles. The second kappa shape index (κ2) is 5.76. The van der Waals surface area contributed by atoms with Crippen molar-refractivity contribution in [2.75, 3.05) is 0 Å². The van der Waals surface area contributed by atoms with Gasteiger partial charge in [0.05, 0.1) is 0 Å². The Morgan fingerprint density at radius 3 is 2.26 bits per heavy atom. The predicted molar refractivity (Wildman–Crippen MR) is 81.7 cm³/mol. The highest BCUT2D eigenvalue weighted by molar-refractivity contribution is 7.12. The molecule has 0 aliphatic carbocycles. The van der Waals surface area contributed by atoms with Gasteiger partial charge in [-0.25, -0.2) is 0 Å². The molecule has 2 rings (SSSR count). The quantitative estimate of drug-likeness (QED) is 0.882. The van der Waals surface area contributed by atoms with Crippen molar-refractivity contribution in [2.24, 2.45) is 0 Å². The van der Waals surface area contributed by atoms with Crippen LogP contribution in [-0.2, 0) is 18.5 Å². The lowest BCUT2D eigenvalue weighted by atomic mass is 9.95. The zero-order valence-corrected chi connectivity index (χ0v) is 12.6. The van der Waals surface area contributed by atoms with Crippen LogP contribution in [0.15, 0.2) is 36.4 Å². The molecule has 0 radical (unpaired) electrons. The van der Waals surface area contributed by atoms with Gasteiger partial charge in [0.1, 0.15) is 5.75 Å². The van der Waals surface area contributed by atoms with Gasteiger partial charge in [-0.15, -0.1) is 11.3 Å². The first kappa shape index (κ1) is 14.1. The molecule has 0 spiro atoms. The highest BCUT2D eigenvalue weighted by Crippen LogP contribution is 2.29. The van der Waals surface area contributed by atoms with Crippen LogP contribution in [0.4, 0.5) is 0 Å². The molecule has 0 aliphatic rings. The highest BCUT2D eigenvalue weighted by atomic mass is 32.1. The Bertz CT molecular complexity index is 522. The van der Waals surface area contributed by atoms with Crippen molar-refractivity contribution in [2.45, 2.75) is 39.3 Å². The van der Waals surface area contributed by atoms with Gasteiger partial charge in [0.15, 0.2) is 0 Å². The zero-order chi connectivity index (χ0) is 13.9. The summed E-state index contributed by atoms with van der Waals surface area (Å²) in [4.78, 5) is 2.79. The van der Waals surface area contributed by atoms with Gasteiger partial charge < -0.3 is 10.4 Å². The summed E-state index contributed by atoms with van der Waals surface area (Å²) in [6.07, 6.45) is 0. The van der Waals surface area contributed by atoms with Crippen molar-refractivity contribution < 1.29 is 5.11 Å². The van der Waals surface area contributed by atoms with Crippen LogP contribution < -0.4 is 5.32 Å². The van der Waals surface area contributed by atoms with E-state index < -0.39 is 0 Å². The Morgan fingerprint density at radius 2 is 1.68 bits per heavy atom. The Kier molecular flexibility index (Phi) is 4.27. The molecular formula is C16H21NOS. The van der Waals surface area contributed by atoms with Gasteiger partial charge in [-0.1, -0.05) is 32.9 Å². The fraction of sp³-hybridized carbons (Fsp3) is 0.375. The Labute approximate surface area is 119 Å². The Balaban J connectivity index is 1.86. The number of benzene rings is 1. The van der Waals surface area contributed by atoms with E-state index in [1.54, 1.807) is 12.1 Å². The summed E-state index contributed by atoms with van der Waals surface area (Å²) >= 11 is 1.87. The molecule has 1 aromatic carbocycles. The van der Waals surface area contributed by atoms with E-state index in [0.717, 1.165) is 13.1 Å². The monoisotopic (exact) mass is 275 g/mol. The summed E-state index contributed by atoms with van der Waals surface area (Å²) in [7, 11) is 0. The van der Waals surface area contributed by atoms with Gasteiger partial charge in [-0.3, -0.25) is 0 Å². The van der Waals surface area contributed by atoms with Gasteiger partial charge in [-0.05, 0) is 35.2 Å². The molecule has 1 aromatic heterocycles. The summed E-state index contributed by atoms with van der Waals surface area (Å²) in [6, 6.07) is 11.8. The number of nitrogens with one attached hydrogen (secondary N) is 1. The van der Waals surface area contributed by atoms with Gasteiger partial charge in [0, 0.05) is 22.8 Å². The summed E-state index contributed by atoms with van der Waals surface area (Å²) in [5, 5.41) is 12.7. The van der Waals surface area contributed by atoms with E-state index in [4.69, 9.17) is 0 Å². The SMILES string of the molecule is CC(C)(C)c1ccc(CNCc2ccc(O)cc2)s1. The number of hydrogen-bond donors (Lipinski definition) is 2. The number of phenolic OH excluding ortho intramolecular Hbond substituents is 1. The van der Waals surface area contributed by atoms with E-state index >= 15 is 0 Å². The molecule has 0 atom stereocenters. The van der Waals surface area contributed by atoms with E-state index in [1.165, 1.54) is 15.3 Å². The lowest BCUT2D eigenvalue weighted by Crippen LogP contribution is -2.11. The molecule has 0 amide bonds. The Hall–Kier alpha value is -1.32. The minimum absolute atomic E-state index is 0.236. The molecular weight excluding hydrogens is 254 g/mol. The average Bonchev–Trinajstić information content (AvgIpc) is 2.80. The van der Waals surface area contributed by atoms with Gasteiger partial charge in [-0.2, -0.15) is 0 Å². The van der Waals surface area contributed by atoms with Crippen molar-refractivity contribution in [3.8, 4) is 5.75 Å². The van der Waals surface area contributed by atoms with Crippen molar-refractivity contribution >= 4 is 11.3 Å². The van der Waals surface area contributed by atoms with Crippen molar-refractivity contribution in [3.63, 3.8) is 0 Å². The summed E-state index contributed by atoms with van der Waals surface area (Å²) < 4.78 is 0. The molecule has 0 fully saturated rings. The molecule has 0 saturated heterocycles. The number of phenols is 1. The third kappa shape index (κ3) is 4.08. The zero-order valence-electron chi connectivity index (χ0n) is 11.7. The van der Waals surface area contributed by atoms with Crippen molar-refractivity contribution in [1.82, 2.24) is 5.32 Å². The van der Waals surface area contributed by atoms with E-state index in [0.29, 0.717) is 5.75 Å². The van der Waals surface area contributed by atoms with E-state index in [1.807, 2.05) is 23.5 Å². The van der Waals surface area contributed by atoms with Crippen LogP contribution in [0.5, 0.6) is 5.75 Å². The number of aromatic hydroxyl groups is 1. The largest absolute Gasteiger partial charge is 0.508 e. The summed E-state index contributed by atoms with van der Waals surface area (Å²) in [5.41, 5.74) is 1.42. The summed E-state index contributed by atoms with van der Waals surface area (Å²) in [6.45, 7) is 8.44.